The zero-order chi connectivity index (χ0) is 11.4. The van der Waals surface area contributed by atoms with Gasteiger partial charge in [-0.25, -0.2) is 0 Å². The fourth-order valence-electron chi connectivity index (χ4n) is 3.28. The molecule has 1 aliphatic carbocycles. The van der Waals surface area contributed by atoms with Gasteiger partial charge < -0.3 is 10.5 Å². The molecule has 94 valence electrons. The van der Waals surface area contributed by atoms with E-state index in [1.165, 1.54) is 51.4 Å². The first-order valence-electron chi connectivity index (χ1n) is 7.10. The van der Waals surface area contributed by atoms with Crippen molar-refractivity contribution in [2.45, 2.75) is 76.4 Å². The van der Waals surface area contributed by atoms with Crippen molar-refractivity contribution in [3.63, 3.8) is 0 Å². The van der Waals surface area contributed by atoms with Crippen LogP contribution < -0.4 is 5.73 Å². The molecule has 16 heavy (non-hydrogen) atoms. The lowest BCUT2D eigenvalue weighted by molar-refractivity contribution is -0.0854. The highest BCUT2D eigenvalue weighted by molar-refractivity contribution is 4.90. The lowest BCUT2D eigenvalue weighted by Gasteiger charge is -2.40. The summed E-state index contributed by atoms with van der Waals surface area (Å²) in [5.74, 6) is 0.867. The van der Waals surface area contributed by atoms with E-state index in [9.17, 15) is 0 Å². The Hall–Kier alpha value is -0.0800. The van der Waals surface area contributed by atoms with E-state index in [0.717, 1.165) is 18.9 Å². The van der Waals surface area contributed by atoms with Crippen LogP contribution in [0.4, 0.5) is 0 Å². The van der Waals surface area contributed by atoms with Crippen LogP contribution in [0.1, 0.15) is 64.7 Å². The quantitative estimate of drug-likeness (QED) is 0.800. The molecule has 2 unspecified atom stereocenters. The third-order valence-electron chi connectivity index (χ3n) is 4.60. The first kappa shape index (κ1) is 12.4. The predicted octanol–water partition coefficient (Wildman–Crippen LogP) is 3.24. The lowest BCUT2D eigenvalue weighted by atomic mass is 9.79. The number of hydrogen-bond donors (Lipinski definition) is 1. The van der Waals surface area contributed by atoms with Crippen molar-refractivity contribution in [1.82, 2.24) is 0 Å². The molecule has 2 nitrogen and oxygen atoms in total. The monoisotopic (exact) mass is 225 g/mol. The molecule has 0 aromatic rings. The minimum Gasteiger partial charge on any atom is -0.374 e. The van der Waals surface area contributed by atoms with Crippen LogP contribution in [0, 0.1) is 5.92 Å². The molecule has 1 heterocycles. The van der Waals surface area contributed by atoms with Gasteiger partial charge in [0.25, 0.3) is 0 Å². The molecule has 2 fully saturated rings. The maximum Gasteiger partial charge on any atom is 0.0804 e. The van der Waals surface area contributed by atoms with E-state index in [1.807, 2.05) is 0 Å². The van der Waals surface area contributed by atoms with Crippen LogP contribution in [-0.4, -0.2) is 18.2 Å². The Morgan fingerprint density at radius 3 is 2.56 bits per heavy atom. The van der Waals surface area contributed by atoms with Gasteiger partial charge in [-0.1, -0.05) is 32.1 Å². The smallest absolute Gasteiger partial charge is 0.0804 e. The molecular formula is C14H27NO. The van der Waals surface area contributed by atoms with Gasteiger partial charge in [0, 0.05) is 12.6 Å². The molecule has 1 saturated heterocycles. The van der Waals surface area contributed by atoms with Crippen molar-refractivity contribution in [3.8, 4) is 0 Å². The van der Waals surface area contributed by atoms with Crippen molar-refractivity contribution in [2.24, 2.45) is 11.7 Å². The van der Waals surface area contributed by atoms with Crippen molar-refractivity contribution >= 4 is 0 Å². The molecule has 0 amide bonds. The lowest BCUT2D eigenvalue weighted by Crippen LogP contribution is -2.50. The molecule has 2 heteroatoms. The largest absolute Gasteiger partial charge is 0.374 e. The highest BCUT2D eigenvalue weighted by atomic mass is 16.5. The first-order valence-corrected chi connectivity index (χ1v) is 7.10. The van der Waals surface area contributed by atoms with Gasteiger partial charge in [-0.15, -0.1) is 0 Å². The predicted molar refractivity (Wildman–Crippen MR) is 67.4 cm³/mol. The van der Waals surface area contributed by atoms with Gasteiger partial charge in [0.2, 0.25) is 0 Å². The number of hydrogen-bond acceptors (Lipinski definition) is 2. The number of rotatable bonds is 3. The van der Waals surface area contributed by atoms with E-state index < -0.39 is 0 Å². The first-order chi connectivity index (χ1) is 7.71. The molecule has 0 aromatic carbocycles. The summed E-state index contributed by atoms with van der Waals surface area (Å²) in [7, 11) is 0. The molecule has 0 bridgehead atoms. The normalized spacial score (nSPS) is 34.9. The van der Waals surface area contributed by atoms with Gasteiger partial charge in [0.1, 0.15) is 0 Å². The SMILES string of the molecule is CC1(C(N)CC2CCCCC2)CCCCO1. The van der Waals surface area contributed by atoms with Crippen LogP contribution in [0.3, 0.4) is 0 Å². The molecule has 0 radical (unpaired) electrons. The van der Waals surface area contributed by atoms with Gasteiger partial charge in [0.05, 0.1) is 5.60 Å². The van der Waals surface area contributed by atoms with Gasteiger partial charge in [0.15, 0.2) is 0 Å². The summed E-state index contributed by atoms with van der Waals surface area (Å²) in [6.45, 7) is 3.13. The third kappa shape index (κ3) is 2.98. The van der Waals surface area contributed by atoms with Crippen LogP contribution >= 0.6 is 0 Å². The molecule has 1 aliphatic heterocycles. The second-order valence-corrected chi connectivity index (χ2v) is 5.96. The fourth-order valence-corrected chi connectivity index (χ4v) is 3.28. The third-order valence-corrected chi connectivity index (χ3v) is 4.60. The zero-order valence-corrected chi connectivity index (χ0v) is 10.7. The second kappa shape index (κ2) is 5.50. The zero-order valence-electron chi connectivity index (χ0n) is 10.7. The Morgan fingerprint density at radius 2 is 1.94 bits per heavy atom. The summed E-state index contributed by atoms with van der Waals surface area (Å²) in [5, 5.41) is 0. The van der Waals surface area contributed by atoms with E-state index in [2.05, 4.69) is 6.92 Å². The Labute approximate surface area is 99.9 Å². The minimum absolute atomic E-state index is 0.0320. The fraction of sp³-hybridized carbons (Fsp3) is 1.00. The molecule has 0 aromatic heterocycles. The standard InChI is InChI=1S/C14H27NO/c1-14(9-5-6-10-16-14)13(15)11-12-7-3-2-4-8-12/h12-13H,2-11,15H2,1H3. The summed E-state index contributed by atoms with van der Waals surface area (Å²) in [5.41, 5.74) is 6.36. The van der Waals surface area contributed by atoms with Gasteiger partial charge in [-0.05, 0) is 38.5 Å². The topological polar surface area (TPSA) is 35.2 Å². The second-order valence-electron chi connectivity index (χ2n) is 5.96. The Morgan fingerprint density at radius 1 is 1.19 bits per heavy atom. The molecular weight excluding hydrogens is 198 g/mol. The van der Waals surface area contributed by atoms with E-state index in [1.54, 1.807) is 0 Å². The molecule has 2 rings (SSSR count). The highest BCUT2D eigenvalue weighted by Gasteiger charge is 2.35. The molecule has 2 atom stereocenters. The van der Waals surface area contributed by atoms with Gasteiger partial charge in [-0.2, -0.15) is 0 Å². The Kier molecular flexibility index (Phi) is 4.26. The van der Waals surface area contributed by atoms with E-state index >= 15 is 0 Å². The van der Waals surface area contributed by atoms with Crippen LogP contribution in [0.2, 0.25) is 0 Å². The molecule has 0 spiro atoms. The summed E-state index contributed by atoms with van der Waals surface area (Å²) < 4.78 is 5.94. The average Bonchev–Trinajstić information content (AvgIpc) is 2.31. The molecule has 2 N–H and O–H groups in total. The van der Waals surface area contributed by atoms with Crippen LogP contribution in [0.15, 0.2) is 0 Å². The van der Waals surface area contributed by atoms with E-state index in [0.29, 0.717) is 0 Å². The summed E-state index contributed by atoms with van der Waals surface area (Å²) in [6, 6.07) is 0.246. The Bertz CT molecular complexity index is 205. The van der Waals surface area contributed by atoms with Crippen LogP contribution in [-0.2, 0) is 4.74 Å². The van der Waals surface area contributed by atoms with Crippen molar-refractivity contribution in [2.75, 3.05) is 6.61 Å². The van der Waals surface area contributed by atoms with Gasteiger partial charge >= 0.3 is 0 Å². The highest BCUT2D eigenvalue weighted by Crippen LogP contribution is 2.33. The maximum atomic E-state index is 6.39. The number of nitrogens with two attached hydrogens (primary N) is 1. The minimum atomic E-state index is -0.0320. The molecule has 2 aliphatic rings. The van der Waals surface area contributed by atoms with E-state index in [4.69, 9.17) is 10.5 Å². The van der Waals surface area contributed by atoms with Crippen molar-refractivity contribution in [3.05, 3.63) is 0 Å². The van der Waals surface area contributed by atoms with Crippen LogP contribution in [0.25, 0.3) is 0 Å². The summed E-state index contributed by atoms with van der Waals surface area (Å²) in [4.78, 5) is 0. The average molecular weight is 225 g/mol. The Balaban J connectivity index is 1.83. The van der Waals surface area contributed by atoms with Crippen molar-refractivity contribution in [1.29, 1.82) is 0 Å². The number of ether oxygens (including phenoxy) is 1. The van der Waals surface area contributed by atoms with Gasteiger partial charge in [-0.3, -0.25) is 0 Å². The molecule has 1 saturated carbocycles. The van der Waals surface area contributed by atoms with Crippen molar-refractivity contribution < 1.29 is 4.74 Å². The van der Waals surface area contributed by atoms with Crippen LogP contribution in [0.5, 0.6) is 0 Å². The summed E-state index contributed by atoms with van der Waals surface area (Å²) >= 11 is 0. The van der Waals surface area contributed by atoms with E-state index in [-0.39, 0.29) is 11.6 Å². The maximum absolute atomic E-state index is 6.39. The summed E-state index contributed by atoms with van der Waals surface area (Å²) in [6.07, 6.45) is 11.9.